The number of anilines is 1. The van der Waals surface area contributed by atoms with Gasteiger partial charge < -0.3 is 15.0 Å². The van der Waals surface area contributed by atoms with Gasteiger partial charge in [-0.25, -0.2) is 4.79 Å². The SMILES string of the molecule is Cc1cccc(OCCN2CCN(C(=O)Nc3ccccc3)CC2)c1. The number of carbonyl (C=O) groups is 1. The number of benzene rings is 2. The predicted octanol–water partition coefficient (Wildman–Crippen LogP) is 3.22. The molecule has 1 N–H and O–H groups in total. The summed E-state index contributed by atoms with van der Waals surface area (Å²) in [4.78, 5) is 16.5. The number of amides is 2. The zero-order chi connectivity index (χ0) is 17.5. The Bertz CT molecular complexity index is 682. The molecule has 1 aliphatic rings. The fourth-order valence-electron chi connectivity index (χ4n) is 2.90. The van der Waals surface area contributed by atoms with Crippen LogP contribution in [0.25, 0.3) is 0 Å². The van der Waals surface area contributed by atoms with Crippen LogP contribution in [0.4, 0.5) is 10.5 Å². The Morgan fingerprint density at radius 1 is 1.04 bits per heavy atom. The molecule has 0 unspecified atom stereocenters. The molecule has 132 valence electrons. The molecule has 2 aromatic rings. The zero-order valence-corrected chi connectivity index (χ0v) is 14.6. The van der Waals surface area contributed by atoms with Crippen molar-refractivity contribution in [3.8, 4) is 5.75 Å². The lowest BCUT2D eigenvalue weighted by atomic mass is 10.2. The zero-order valence-electron chi connectivity index (χ0n) is 14.6. The van der Waals surface area contributed by atoms with E-state index in [-0.39, 0.29) is 6.03 Å². The minimum atomic E-state index is -0.0261. The number of hydrogen-bond acceptors (Lipinski definition) is 3. The van der Waals surface area contributed by atoms with Crippen LogP contribution in [0.15, 0.2) is 54.6 Å². The molecule has 2 amide bonds. The maximum Gasteiger partial charge on any atom is 0.321 e. The van der Waals surface area contributed by atoms with Crippen molar-refractivity contribution in [3.63, 3.8) is 0 Å². The number of hydrogen-bond donors (Lipinski definition) is 1. The Kier molecular flexibility index (Phi) is 5.90. The molecule has 5 heteroatoms. The van der Waals surface area contributed by atoms with Crippen LogP contribution < -0.4 is 10.1 Å². The normalized spacial score (nSPS) is 15.0. The van der Waals surface area contributed by atoms with Gasteiger partial charge in [-0.3, -0.25) is 4.90 Å². The number of urea groups is 1. The van der Waals surface area contributed by atoms with E-state index >= 15 is 0 Å². The van der Waals surface area contributed by atoms with Gasteiger partial charge >= 0.3 is 6.03 Å². The van der Waals surface area contributed by atoms with Crippen LogP contribution in [0.5, 0.6) is 5.75 Å². The van der Waals surface area contributed by atoms with Gasteiger partial charge in [-0.1, -0.05) is 30.3 Å². The number of para-hydroxylation sites is 1. The minimum absolute atomic E-state index is 0.0261. The number of carbonyl (C=O) groups excluding carboxylic acids is 1. The average Bonchev–Trinajstić information content (AvgIpc) is 2.63. The van der Waals surface area contributed by atoms with E-state index in [9.17, 15) is 4.79 Å². The molecule has 3 rings (SSSR count). The summed E-state index contributed by atoms with van der Waals surface area (Å²) in [5.41, 5.74) is 2.04. The van der Waals surface area contributed by atoms with E-state index in [1.807, 2.05) is 53.4 Å². The van der Waals surface area contributed by atoms with Crippen LogP contribution in [-0.2, 0) is 0 Å². The van der Waals surface area contributed by atoms with Crippen LogP contribution in [0.3, 0.4) is 0 Å². The van der Waals surface area contributed by atoms with Crippen molar-refractivity contribution in [1.82, 2.24) is 9.80 Å². The third-order valence-corrected chi connectivity index (χ3v) is 4.35. The summed E-state index contributed by atoms with van der Waals surface area (Å²) in [6.07, 6.45) is 0. The van der Waals surface area contributed by atoms with Crippen molar-refractivity contribution in [1.29, 1.82) is 0 Å². The molecular formula is C20H25N3O2. The van der Waals surface area contributed by atoms with Crippen LogP contribution >= 0.6 is 0 Å². The smallest absolute Gasteiger partial charge is 0.321 e. The van der Waals surface area contributed by atoms with Crippen molar-refractivity contribution in [3.05, 3.63) is 60.2 Å². The van der Waals surface area contributed by atoms with Crippen LogP contribution in [0, 0.1) is 6.92 Å². The standard InChI is InChI=1S/C20H25N3O2/c1-17-6-5-9-19(16-17)25-15-14-22-10-12-23(13-11-22)20(24)21-18-7-3-2-4-8-18/h2-9,16H,10-15H2,1H3,(H,21,24). The number of rotatable bonds is 5. The lowest BCUT2D eigenvalue weighted by Crippen LogP contribution is -2.50. The molecule has 1 aliphatic heterocycles. The molecule has 0 atom stereocenters. The van der Waals surface area contributed by atoms with E-state index in [1.165, 1.54) is 5.56 Å². The summed E-state index contributed by atoms with van der Waals surface area (Å²) in [7, 11) is 0. The number of aryl methyl sites for hydroxylation is 1. The molecule has 2 aromatic carbocycles. The third-order valence-electron chi connectivity index (χ3n) is 4.35. The number of nitrogens with one attached hydrogen (secondary N) is 1. The monoisotopic (exact) mass is 339 g/mol. The van der Waals surface area contributed by atoms with Crippen molar-refractivity contribution in [2.24, 2.45) is 0 Å². The lowest BCUT2D eigenvalue weighted by molar-refractivity contribution is 0.132. The van der Waals surface area contributed by atoms with Gasteiger partial charge in [-0.2, -0.15) is 0 Å². The largest absolute Gasteiger partial charge is 0.492 e. The Hall–Kier alpha value is -2.53. The fourth-order valence-corrected chi connectivity index (χ4v) is 2.90. The molecule has 1 heterocycles. The molecule has 0 radical (unpaired) electrons. The minimum Gasteiger partial charge on any atom is -0.492 e. The van der Waals surface area contributed by atoms with Gasteiger partial charge in [0.25, 0.3) is 0 Å². The van der Waals surface area contributed by atoms with Crippen LogP contribution in [0.2, 0.25) is 0 Å². The van der Waals surface area contributed by atoms with Crippen molar-refractivity contribution < 1.29 is 9.53 Å². The first-order chi connectivity index (χ1) is 12.2. The van der Waals surface area contributed by atoms with E-state index in [0.717, 1.165) is 44.2 Å². The predicted molar refractivity (Wildman–Crippen MR) is 100 cm³/mol. The first-order valence-electron chi connectivity index (χ1n) is 8.73. The quantitative estimate of drug-likeness (QED) is 0.910. The van der Waals surface area contributed by atoms with E-state index in [0.29, 0.717) is 6.61 Å². The highest BCUT2D eigenvalue weighted by molar-refractivity contribution is 5.89. The molecule has 0 aromatic heterocycles. The molecule has 0 aliphatic carbocycles. The Morgan fingerprint density at radius 3 is 2.52 bits per heavy atom. The second kappa shape index (κ2) is 8.53. The average molecular weight is 339 g/mol. The van der Waals surface area contributed by atoms with Gasteiger partial charge in [0.05, 0.1) is 0 Å². The van der Waals surface area contributed by atoms with Crippen LogP contribution in [-0.4, -0.2) is 55.2 Å². The van der Waals surface area contributed by atoms with Crippen LogP contribution in [0.1, 0.15) is 5.56 Å². The summed E-state index contributed by atoms with van der Waals surface area (Å²) >= 11 is 0. The Balaban J connectivity index is 1.37. The van der Waals surface area contributed by atoms with Crippen molar-refractivity contribution in [2.75, 3.05) is 44.6 Å². The third kappa shape index (κ3) is 5.22. The maximum absolute atomic E-state index is 12.3. The highest BCUT2D eigenvalue weighted by Crippen LogP contribution is 2.13. The topological polar surface area (TPSA) is 44.8 Å². The summed E-state index contributed by atoms with van der Waals surface area (Å²) in [5.74, 6) is 0.917. The van der Waals surface area contributed by atoms with Gasteiger partial charge in [-0.05, 0) is 36.8 Å². The first-order valence-corrected chi connectivity index (χ1v) is 8.73. The molecule has 5 nitrogen and oxygen atoms in total. The summed E-state index contributed by atoms with van der Waals surface area (Å²) in [5, 5.41) is 2.94. The van der Waals surface area contributed by atoms with Crippen molar-refractivity contribution >= 4 is 11.7 Å². The molecular weight excluding hydrogens is 314 g/mol. The molecule has 0 spiro atoms. The second-order valence-corrected chi connectivity index (χ2v) is 6.29. The summed E-state index contributed by atoms with van der Waals surface area (Å²) in [6.45, 7) is 6.83. The van der Waals surface area contributed by atoms with E-state index < -0.39 is 0 Å². The highest BCUT2D eigenvalue weighted by Gasteiger charge is 2.20. The molecule has 0 bridgehead atoms. The summed E-state index contributed by atoms with van der Waals surface area (Å²) in [6, 6.07) is 17.7. The number of nitrogens with zero attached hydrogens (tertiary/aromatic N) is 2. The van der Waals surface area contributed by atoms with Gasteiger partial charge in [0, 0.05) is 38.4 Å². The molecule has 25 heavy (non-hydrogen) atoms. The molecule has 1 saturated heterocycles. The van der Waals surface area contributed by atoms with E-state index in [4.69, 9.17) is 4.74 Å². The second-order valence-electron chi connectivity index (χ2n) is 6.29. The van der Waals surface area contributed by atoms with E-state index in [2.05, 4.69) is 23.2 Å². The fraction of sp³-hybridized carbons (Fsp3) is 0.350. The van der Waals surface area contributed by atoms with Crippen molar-refractivity contribution in [2.45, 2.75) is 6.92 Å². The maximum atomic E-state index is 12.3. The number of ether oxygens (including phenoxy) is 1. The van der Waals surface area contributed by atoms with Gasteiger partial charge in [-0.15, -0.1) is 0 Å². The molecule has 0 saturated carbocycles. The molecule has 1 fully saturated rings. The lowest BCUT2D eigenvalue weighted by Gasteiger charge is -2.34. The van der Waals surface area contributed by atoms with Gasteiger partial charge in [0.1, 0.15) is 12.4 Å². The van der Waals surface area contributed by atoms with E-state index in [1.54, 1.807) is 0 Å². The number of piperazine rings is 1. The Labute approximate surface area is 149 Å². The highest BCUT2D eigenvalue weighted by atomic mass is 16.5. The van der Waals surface area contributed by atoms with Gasteiger partial charge in [0.2, 0.25) is 0 Å². The first kappa shape index (κ1) is 17.3. The Morgan fingerprint density at radius 2 is 1.80 bits per heavy atom. The van der Waals surface area contributed by atoms with Gasteiger partial charge in [0.15, 0.2) is 0 Å². The summed E-state index contributed by atoms with van der Waals surface area (Å²) < 4.78 is 5.81.